The first-order valence-corrected chi connectivity index (χ1v) is 10.1. The second-order valence-corrected chi connectivity index (χ2v) is 7.75. The topological polar surface area (TPSA) is 65.1 Å². The first-order valence-electron chi connectivity index (χ1n) is 10.1. The maximum absolute atomic E-state index is 12.8. The van der Waals surface area contributed by atoms with Crippen LogP contribution >= 0.6 is 0 Å². The van der Waals surface area contributed by atoms with Crippen molar-refractivity contribution < 1.29 is 14.3 Å². The van der Waals surface area contributed by atoms with Crippen LogP contribution in [0.4, 0.5) is 10.5 Å². The fourth-order valence-corrected chi connectivity index (χ4v) is 4.00. The highest BCUT2D eigenvalue weighted by atomic mass is 16.5. The molecular weight excluding hydrogens is 356 g/mol. The molecular formula is C21H32N4O3. The lowest BCUT2D eigenvalue weighted by Crippen LogP contribution is -2.44. The predicted molar refractivity (Wildman–Crippen MR) is 110 cm³/mol. The number of carbonyl (C=O) groups excluding carboxylic acids is 2. The zero-order valence-electron chi connectivity index (χ0n) is 17.2. The van der Waals surface area contributed by atoms with Gasteiger partial charge in [0.1, 0.15) is 0 Å². The van der Waals surface area contributed by atoms with E-state index in [0.717, 1.165) is 49.3 Å². The Hall–Kier alpha value is -2.12. The summed E-state index contributed by atoms with van der Waals surface area (Å²) >= 11 is 0. The molecule has 0 aromatic heterocycles. The molecule has 3 amide bonds. The molecule has 1 unspecified atom stereocenters. The van der Waals surface area contributed by atoms with Crippen LogP contribution in [0.3, 0.4) is 0 Å². The van der Waals surface area contributed by atoms with Gasteiger partial charge in [-0.1, -0.05) is 12.1 Å². The lowest BCUT2D eigenvalue weighted by atomic mass is 10.1. The molecule has 0 spiro atoms. The average Bonchev–Trinajstić information content (AvgIpc) is 2.88. The number of amides is 3. The molecule has 2 aliphatic heterocycles. The number of nitrogens with zero attached hydrogens (tertiary/aromatic N) is 3. The van der Waals surface area contributed by atoms with E-state index in [-0.39, 0.29) is 18.0 Å². The number of carbonyl (C=O) groups is 2. The molecule has 7 nitrogen and oxygen atoms in total. The van der Waals surface area contributed by atoms with E-state index in [0.29, 0.717) is 26.2 Å². The standard InChI is InChI=1S/C21H32N4O3/c1-16-5-6-17(2)18(15-16)22-21(27)25-9-4-8-23(11-12-25)19-7-10-24(20(19)26)13-14-28-3/h5-6,15,19H,4,7-14H2,1-3H3,(H,22,27). The van der Waals surface area contributed by atoms with Crippen molar-refractivity contribution in [1.82, 2.24) is 14.7 Å². The highest BCUT2D eigenvalue weighted by molar-refractivity contribution is 5.90. The monoisotopic (exact) mass is 388 g/mol. The molecule has 0 radical (unpaired) electrons. The third-order valence-electron chi connectivity index (χ3n) is 5.73. The van der Waals surface area contributed by atoms with Crippen molar-refractivity contribution in [3.05, 3.63) is 29.3 Å². The Bertz CT molecular complexity index is 709. The molecule has 3 rings (SSSR count). The summed E-state index contributed by atoms with van der Waals surface area (Å²) < 4.78 is 5.10. The van der Waals surface area contributed by atoms with Crippen LogP contribution in [0.15, 0.2) is 18.2 Å². The molecule has 154 valence electrons. The molecule has 0 bridgehead atoms. The molecule has 2 heterocycles. The molecule has 7 heteroatoms. The minimum absolute atomic E-state index is 0.0566. The van der Waals surface area contributed by atoms with Crippen molar-refractivity contribution in [2.75, 3.05) is 58.3 Å². The largest absolute Gasteiger partial charge is 0.383 e. The van der Waals surface area contributed by atoms with Crippen LogP contribution in [0.25, 0.3) is 0 Å². The number of aryl methyl sites for hydroxylation is 2. The maximum atomic E-state index is 12.8. The quantitative estimate of drug-likeness (QED) is 0.839. The highest BCUT2D eigenvalue weighted by Gasteiger charge is 2.36. The van der Waals surface area contributed by atoms with E-state index in [9.17, 15) is 9.59 Å². The summed E-state index contributed by atoms with van der Waals surface area (Å²) in [6, 6.07) is 5.96. The molecule has 2 aliphatic rings. The van der Waals surface area contributed by atoms with Gasteiger partial charge in [0, 0.05) is 52.1 Å². The van der Waals surface area contributed by atoms with Gasteiger partial charge in [0.25, 0.3) is 0 Å². The molecule has 1 N–H and O–H groups in total. The Morgan fingerprint density at radius 1 is 1.18 bits per heavy atom. The summed E-state index contributed by atoms with van der Waals surface area (Å²) in [7, 11) is 1.66. The zero-order valence-corrected chi connectivity index (χ0v) is 17.2. The Kier molecular flexibility index (Phi) is 6.91. The van der Waals surface area contributed by atoms with Crippen LogP contribution in [-0.4, -0.2) is 85.7 Å². The molecule has 1 aromatic carbocycles. The molecule has 2 saturated heterocycles. The SMILES string of the molecule is COCCN1CCC(N2CCCN(C(=O)Nc3cc(C)ccc3C)CC2)C1=O. The van der Waals surface area contributed by atoms with E-state index >= 15 is 0 Å². The van der Waals surface area contributed by atoms with Crippen LogP contribution in [0, 0.1) is 13.8 Å². The second-order valence-electron chi connectivity index (χ2n) is 7.75. The highest BCUT2D eigenvalue weighted by Crippen LogP contribution is 2.20. The van der Waals surface area contributed by atoms with E-state index in [1.165, 1.54) is 0 Å². The van der Waals surface area contributed by atoms with Gasteiger partial charge in [-0.15, -0.1) is 0 Å². The smallest absolute Gasteiger partial charge is 0.321 e. The van der Waals surface area contributed by atoms with Crippen molar-refractivity contribution in [3.8, 4) is 0 Å². The Morgan fingerprint density at radius 2 is 2.00 bits per heavy atom. The minimum atomic E-state index is -0.0602. The van der Waals surface area contributed by atoms with Gasteiger partial charge in [-0.05, 0) is 43.9 Å². The summed E-state index contributed by atoms with van der Waals surface area (Å²) in [5.74, 6) is 0.199. The van der Waals surface area contributed by atoms with Gasteiger partial charge >= 0.3 is 6.03 Å². The molecule has 1 aromatic rings. The molecule has 2 fully saturated rings. The molecule has 0 aliphatic carbocycles. The van der Waals surface area contributed by atoms with Crippen molar-refractivity contribution in [2.24, 2.45) is 0 Å². The summed E-state index contributed by atoms with van der Waals surface area (Å²) in [5, 5.41) is 3.05. The number of benzene rings is 1. The number of nitrogens with one attached hydrogen (secondary N) is 1. The summed E-state index contributed by atoms with van der Waals surface area (Å²) in [5.41, 5.74) is 3.05. The van der Waals surface area contributed by atoms with Crippen LogP contribution in [0.2, 0.25) is 0 Å². The Balaban J connectivity index is 1.55. The number of hydrogen-bond donors (Lipinski definition) is 1. The van der Waals surface area contributed by atoms with Gasteiger partial charge in [-0.3, -0.25) is 9.69 Å². The van der Waals surface area contributed by atoms with Crippen molar-refractivity contribution in [2.45, 2.75) is 32.7 Å². The van der Waals surface area contributed by atoms with Crippen LogP contribution in [-0.2, 0) is 9.53 Å². The second kappa shape index (κ2) is 9.39. The number of methoxy groups -OCH3 is 1. The van der Waals surface area contributed by atoms with E-state index < -0.39 is 0 Å². The molecule has 0 saturated carbocycles. The van der Waals surface area contributed by atoms with Gasteiger partial charge in [0.05, 0.1) is 12.6 Å². The number of rotatable bonds is 5. The lowest BCUT2D eigenvalue weighted by molar-refractivity contribution is -0.132. The number of ether oxygens (including phenoxy) is 1. The number of hydrogen-bond acceptors (Lipinski definition) is 4. The number of anilines is 1. The number of likely N-dealkylation sites (tertiary alicyclic amines) is 1. The summed E-state index contributed by atoms with van der Waals surface area (Å²) in [6.07, 6.45) is 1.74. The first kappa shape index (κ1) is 20.6. The summed E-state index contributed by atoms with van der Waals surface area (Å²) in [6.45, 7) is 8.97. The first-order chi connectivity index (χ1) is 13.5. The van der Waals surface area contributed by atoms with Crippen LogP contribution < -0.4 is 5.32 Å². The average molecular weight is 389 g/mol. The fourth-order valence-electron chi connectivity index (χ4n) is 4.00. The van der Waals surface area contributed by atoms with Crippen LogP contribution in [0.5, 0.6) is 0 Å². The third-order valence-corrected chi connectivity index (χ3v) is 5.73. The van der Waals surface area contributed by atoms with E-state index in [2.05, 4.69) is 10.2 Å². The minimum Gasteiger partial charge on any atom is -0.383 e. The Morgan fingerprint density at radius 3 is 2.79 bits per heavy atom. The van der Waals surface area contributed by atoms with E-state index in [1.807, 2.05) is 41.8 Å². The lowest BCUT2D eigenvalue weighted by Gasteiger charge is -2.26. The van der Waals surface area contributed by atoms with E-state index in [4.69, 9.17) is 4.74 Å². The third kappa shape index (κ3) is 4.83. The predicted octanol–water partition coefficient (Wildman–Crippen LogP) is 2.09. The van der Waals surface area contributed by atoms with Gasteiger partial charge in [0.15, 0.2) is 0 Å². The summed E-state index contributed by atoms with van der Waals surface area (Å²) in [4.78, 5) is 31.4. The van der Waals surface area contributed by atoms with Gasteiger partial charge in [0.2, 0.25) is 5.91 Å². The maximum Gasteiger partial charge on any atom is 0.321 e. The normalized spacial score (nSPS) is 21.1. The van der Waals surface area contributed by atoms with Gasteiger partial charge in [-0.2, -0.15) is 0 Å². The molecule has 1 atom stereocenters. The van der Waals surface area contributed by atoms with Crippen molar-refractivity contribution >= 4 is 17.6 Å². The Labute approximate surface area is 167 Å². The van der Waals surface area contributed by atoms with E-state index in [1.54, 1.807) is 7.11 Å². The zero-order chi connectivity index (χ0) is 20.1. The number of urea groups is 1. The fraction of sp³-hybridized carbons (Fsp3) is 0.619. The van der Waals surface area contributed by atoms with Crippen molar-refractivity contribution in [3.63, 3.8) is 0 Å². The van der Waals surface area contributed by atoms with Crippen LogP contribution in [0.1, 0.15) is 24.0 Å². The molecule has 28 heavy (non-hydrogen) atoms. The van der Waals surface area contributed by atoms with Gasteiger partial charge in [-0.25, -0.2) is 4.79 Å². The van der Waals surface area contributed by atoms with Gasteiger partial charge < -0.3 is 19.9 Å². The van der Waals surface area contributed by atoms with Crippen molar-refractivity contribution in [1.29, 1.82) is 0 Å².